The van der Waals surface area contributed by atoms with Crippen molar-refractivity contribution in [2.45, 2.75) is 19.8 Å². The van der Waals surface area contributed by atoms with Crippen LogP contribution in [-0.2, 0) is 0 Å². The molecule has 0 aromatic heterocycles. The van der Waals surface area contributed by atoms with Gasteiger partial charge in [0.2, 0.25) is 0 Å². The fourth-order valence-electron chi connectivity index (χ4n) is 3.41. The third-order valence-electron chi connectivity index (χ3n) is 4.98. The molecule has 0 spiro atoms. The first-order valence-electron chi connectivity index (χ1n) is 8.89. The molecule has 1 N–H and O–H groups in total. The van der Waals surface area contributed by atoms with E-state index in [0.717, 1.165) is 36.1 Å². The van der Waals surface area contributed by atoms with E-state index in [1.807, 2.05) is 44.3 Å². The van der Waals surface area contributed by atoms with Crippen molar-refractivity contribution in [1.82, 2.24) is 10.2 Å². The third-order valence-corrected chi connectivity index (χ3v) is 4.98. The van der Waals surface area contributed by atoms with Gasteiger partial charge in [-0.1, -0.05) is 35.9 Å². The molecule has 1 amide bonds. The van der Waals surface area contributed by atoms with Crippen LogP contribution in [0.1, 0.15) is 28.8 Å². The molecule has 4 heteroatoms. The summed E-state index contributed by atoms with van der Waals surface area (Å²) in [6.07, 6.45) is 1.94. The van der Waals surface area contributed by atoms with Crippen LogP contribution < -0.4 is 5.32 Å². The molecule has 0 radical (unpaired) electrons. The molecular formula is C21H25FN2O. The Balaban J connectivity index is 1.72. The summed E-state index contributed by atoms with van der Waals surface area (Å²) in [5.74, 6) is -0.0425. The Morgan fingerprint density at radius 3 is 2.36 bits per heavy atom. The fourth-order valence-corrected chi connectivity index (χ4v) is 3.41. The standard InChI is InChI=1S/C21H25FN2O/c1-15-3-5-17(6-4-15)18-7-8-19(20(22)13-18)21(25)24-11-9-16(10-12-24)14-23-2/h3-8,13,16,23H,9-12,14H2,1-2H3. The number of hydrogen-bond donors (Lipinski definition) is 1. The summed E-state index contributed by atoms with van der Waals surface area (Å²) in [5.41, 5.74) is 3.08. The number of likely N-dealkylation sites (tertiary alicyclic amines) is 1. The molecule has 1 saturated heterocycles. The summed E-state index contributed by atoms with van der Waals surface area (Å²) in [6, 6.07) is 12.9. The second-order valence-electron chi connectivity index (χ2n) is 6.85. The lowest BCUT2D eigenvalue weighted by molar-refractivity contribution is 0.0686. The van der Waals surface area contributed by atoms with Crippen molar-refractivity contribution < 1.29 is 9.18 Å². The van der Waals surface area contributed by atoms with Crippen LogP contribution in [0.25, 0.3) is 11.1 Å². The zero-order valence-electron chi connectivity index (χ0n) is 14.9. The van der Waals surface area contributed by atoms with E-state index in [9.17, 15) is 9.18 Å². The lowest BCUT2D eigenvalue weighted by Gasteiger charge is -2.32. The molecule has 1 fully saturated rings. The second-order valence-corrected chi connectivity index (χ2v) is 6.85. The molecule has 0 aliphatic carbocycles. The average Bonchev–Trinajstić information content (AvgIpc) is 2.63. The van der Waals surface area contributed by atoms with Gasteiger partial charge in [0.15, 0.2) is 0 Å². The van der Waals surface area contributed by atoms with E-state index in [2.05, 4.69) is 5.32 Å². The van der Waals surface area contributed by atoms with Gasteiger partial charge < -0.3 is 10.2 Å². The maximum atomic E-state index is 14.6. The Labute approximate surface area is 148 Å². The van der Waals surface area contributed by atoms with Gasteiger partial charge in [-0.05, 0) is 62.5 Å². The van der Waals surface area contributed by atoms with Gasteiger partial charge in [0, 0.05) is 13.1 Å². The number of nitrogens with zero attached hydrogens (tertiary/aromatic N) is 1. The van der Waals surface area contributed by atoms with Gasteiger partial charge >= 0.3 is 0 Å². The quantitative estimate of drug-likeness (QED) is 0.916. The van der Waals surface area contributed by atoms with Gasteiger partial charge in [-0.2, -0.15) is 0 Å². The van der Waals surface area contributed by atoms with Gasteiger partial charge in [-0.3, -0.25) is 4.79 Å². The van der Waals surface area contributed by atoms with E-state index < -0.39 is 5.82 Å². The highest BCUT2D eigenvalue weighted by molar-refractivity contribution is 5.95. The van der Waals surface area contributed by atoms with Crippen LogP contribution in [0.5, 0.6) is 0 Å². The molecule has 0 bridgehead atoms. The molecular weight excluding hydrogens is 315 g/mol. The first-order chi connectivity index (χ1) is 12.1. The van der Waals surface area contributed by atoms with Crippen LogP contribution in [0, 0.1) is 18.7 Å². The van der Waals surface area contributed by atoms with Crippen molar-refractivity contribution in [3.8, 4) is 11.1 Å². The molecule has 0 unspecified atom stereocenters. The summed E-state index contributed by atoms with van der Waals surface area (Å²) >= 11 is 0. The lowest BCUT2D eigenvalue weighted by atomic mass is 9.96. The number of carbonyl (C=O) groups excluding carboxylic acids is 1. The van der Waals surface area contributed by atoms with E-state index in [1.54, 1.807) is 11.0 Å². The topological polar surface area (TPSA) is 32.3 Å². The predicted molar refractivity (Wildman–Crippen MR) is 99.1 cm³/mol. The minimum atomic E-state index is -0.444. The van der Waals surface area contributed by atoms with Crippen molar-refractivity contribution in [2.75, 3.05) is 26.7 Å². The zero-order chi connectivity index (χ0) is 17.8. The number of benzene rings is 2. The number of piperidine rings is 1. The van der Waals surface area contributed by atoms with Crippen molar-refractivity contribution in [3.63, 3.8) is 0 Å². The Hall–Kier alpha value is -2.20. The van der Waals surface area contributed by atoms with Crippen LogP contribution in [0.2, 0.25) is 0 Å². The molecule has 132 valence electrons. The van der Waals surface area contributed by atoms with Crippen molar-refractivity contribution in [2.24, 2.45) is 5.92 Å². The zero-order valence-corrected chi connectivity index (χ0v) is 14.9. The van der Waals surface area contributed by atoms with E-state index in [4.69, 9.17) is 0 Å². The van der Waals surface area contributed by atoms with E-state index in [1.165, 1.54) is 6.07 Å². The maximum absolute atomic E-state index is 14.6. The minimum absolute atomic E-state index is 0.169. The highest BCUT2D eigenvalue weighted by atomic mass is 19.1. The molecule has 2 aromatic carbocycles. The Morgan fingerprint density at radius 1 is 1.12 bits per heavy atom. The lowest BCUT2D eigenvalue weighted by Crippen LogP contribution is -2.40. The van der Waals surface area contributed by atoms with E-state index in [-0.39, 0.29) is 11.5 Å². The molecule has 1 heterocycles. The summed E-state index contributed by atoms with van der Waals surface area (Å²) < 4.78 is 14.6. The van der Waals surface area contributed by atoms with Crippen LogP contribution in [0.15, 0.2) is 42.5 Å². The minimum Gasteiger partial charge on any atom is -0.339 e. The average molecular weight is 340 g/mol. The van der Waals surface area contributed by atoms with Gasteiger partial charge in [0.05, 0.1) is 5.56 Å². The maximum Gasteiger partial charge on any atom is 0.256 e. The number of aryl methyl sites for hydroxylation is 1. The van der Waals surface area contributed by atoms with E-state index in [0.29, 0.717) is 19.0 Å². The first kappa shape index (κ1) is 17.6. The Morgan fingerprint density at radius 2 is 1.76 bits per heavy atom. The predicted octanol–water partition coefficient (Wildman–Crippen LogP) is 3.87. The molecule has 2 aromatic rings. The second kappa shape index (κ2) is 7.79. The molecule has 0 saturated carbocycles. The van der Waals surface area contributed by atoms with Crippen molar-refractivity contribution >= 4 is 5.91 Å². The molecule has 1 aliphatic heterocycles. The number of rotatable bonds is 4. The SMILES string of the molecule is CNCC1CCN(C(=O)c2ccc(-c3ccc(C)cc3)cc2F)CC1. The van der Waals surface area contributed by atoms with Gasteiger partial charge in [-0.15, -0.1) is 0 Å². The van der Waals surface area contributed by atoms with Crippen LogP contribution in [0.3, 0.4) is 0 Å². The van der Waals surface area contributed by atoms with Crippen LogP contribution in [0.4, 0.5) is 4.39 Å². The molecule has 25 heavy (non-hydrogen) atoms. The smallest absolute Gasteiger partial charge is 0.256 e. The third kappa shape index (κ3) is 4.07. The number of halogens is 1. The summed E-state index contributed by atoms with van der Waals surface area (Å²) in [7, 11) is 1.95. The summed E-state index contributed by atoms with van der Waals surface area (Å²) in [6.45, 7) is 4.39. The van der Waals surface area contributed by atoms with Crippen LogP contribution >= 0.6 is 0 Å². The fraction of sp³-hybridized carbons (Fsp3) is 0.381. The number of carbonyl (C=O) groups is 1. The Bertz CT molecular complexity index is 734. The monoisotopic (exact) mass is 340 g/mol. The number of nitrogens with one attached hydrogen (secondary N) is 1. The van der Waals surface area contributed by atoms with E-state index >= 15 is 0 Å². The largest absolute Gasteiger partial charge is 0.339 e. The molecule has 3 nitrogen and oxygen atoms in total. The number of amides is 1. The molecule has 0 atom stereocenters. The van der Waals surface area contributed by atoms with Crippen LogP contribution in [-0.4, -0.2) is 37.5 Å². The highest BCUT2D eigenvalue weighted by Crippen LogP contribution is 2.24. The van der Waals surface area contributed by atoms with Gasteiger partial charge in [0.25, 0.3) is 5.91 Å². The van der Waals surface area contributed by atoms with Crippen molar-refractivity contribution in [3.05, 3.63) is 59.4 Å². The number of hydrogen-bond acceptors (Lipinski definition) is 2. The van der Waals surface area contributed by atoms with Gasteiger partial charge in [0.1, 0.15) is 5.82 Å². The highest BCUT2D eigenvalue weighted by Gasteiger charge is 2.25. The normalized spacial score (nSPS) is 15.4. The van der Waals surface area contributed by atoms with Crippen molar-refractivity contribution in [1.29, 1.82) is 0 Å². The van der Waals surface area contributed by atoms with Gasteiger partial charge in [-0.25, -0.2) is 4.39 Å². The molecule has 3 rings (SSSR count). The molecule has 1 aliphatic rings. The Kier molecular flexibility index (Phi) is 5.49. The summed E-state index contributed by atoms with van der Waals surface area (Å²) in [5, 5.41) is 3.18. The first-order valence-corrected chi connectivity index (χ1v) is 8.89. The summed E-state index contributed by atoms with van der Waals surface area (Å²) in [4.78, 5) is 14.4.